The van der Waals surface area contributed by atoms with E-state index in [1.807, 2.05) is 9.58 Å². The maximum atomic E-state index is 12.4. The Labute approximate surface area is 158 Å². The summed E-state index contributed by atoms with van der Waals surface area (Å²) >= 11 is 0. The highest BCUT2D eigenvalue weighted by molar-refractivity contribution is 5.91. The third-order valence-corrected chi connectivity index (χ3v) is 5.42. The van der Waals surface area contributed by atoms with Crippen LogP contribution >= 0.6 is 0 Å². The first-order chi connectivity index (χ1) is 13.3. The largest absolute Gasteiger partial charge is 0.459 e. The van der Waals surface area contributed by atoms with Gasteiger partial charge in [-0.05, 0) is 41.8 Å². The molecule has 2 atom stereocenters. The quantitative estimate of drug-likeness (QED) is 0.754. The zero-order valence-corrected chi connectivity index (χ0v) is 15.7. The first-order valence-electron chi connectivity index (χ1n) is 9.70. The predicted molar refractivity (Wildman–Crippen MR) is 96.0 cm³/mol. The molecule has 4 heterocycles. The fourth-order valence-corrected chi connectivity index (χ4v) is 3.96. The lowest BCUT2D eigenvalue weighted by molar-refractivity contribution is 0.0510. The van der Waals surface area contributed by atoms with Crippen molar-refractivity contribution in [3.63, 3.8) is 0 Å². The van der Waals surface area contributed by atoms with Gasteiger partial charge in [-0.2, -0.15) is 0 Å². The molecule has 0 spiro atoms. The van der Waals surface area contributed by atoms with E-state index in [9.17, 15) is 4.79 Å². The van der Waals surface area contributed by atoms with Gasteiger partial charge in [-0.15, -0.1) is 5.10 Å². The molecule has 0 unspecified atom stereocenters. The Balaban J connectivity index is 1.39. The van der Waals surface area contributed by atoms with Gasteiger partial charge in [0, 0.05) is 32.8 Å². The molecule has 0 aliphatic carbocycles. The highest BCUT2D eigenvalue weighted by Crippen LogP contribution is 2.25. The van der Waals surface area contributed by atoms with Crippen LogP contribution in [0.4, 0.5) is 0 Å². The van der Waals surface area contributed by atoms with Crippen LogP contribution in [0.3, 0.4) is 0 Å². The van der Waals surface area contributed by atoms with Gasteiger partial charge in [0.1, 0.15) is 0 Å². The lowest BCUT2D eigenvalue weighted by Crippen LogP contribution is -2.50. The van der Waals surface area contributed by atoms with Crippen molar-refractivity contribution in [2.45, 2.75) is 44.9 Å². The van der Waals surface area contributed by atoms with Crippen molar-refractivity contribution in [3.8, 4) is 0 Å². The van der Waals surface area contributed by atoms with Gasteiger partial charge in [-0.1, -0.05) is 6.92 Å². The average Bonchev–Trinajstić information content (AvgIpc) is 3.46. The van der Waals surface area contributed by atoms with Gasteiger partial charge in [0.2, 0.25) is 0 Å². The normalized spacial score (nSPS) is 22.3. The van der Waals surface area contributed by atoms with E-state index >= 15 is 0 Å². The summed E-state index contributed by atoms with van der Waals surface area (Å²) in [6.45, 7) is 6.60. The number of amides is 1. The number of hydrogen-bond acceptors (Lipinski definition) is 7. The van der Waals surface area contributed by atoms with Crippen molar-refractivity contribution in [2.75, 3.05) is 32.8 Å². The van der Waals surface area contributed by atoms with E-state index in [4.69, 9.17) is 9.15 Å². The molecule has 2 fully saturated rings. The molecule has 146 valence electrons. The molecule has 0 saturated carbocycles. The van der Waals surface area contributed by atoms with Gasteiger partial charge in [0.15, 0.2) is 11.6 Å². The van der Waals surface area contributed by atoms with E-state index in [-0.39, 0.29) is 18.1 Å². The summed E-state index contributed by atoms with van der Waals surface area (Å²) in [6.07, 6.45) is 4.81. The Morgan fingerprint density at radius 3 is 2.85 bits per heavy atom. The minimum Gasteiger partial charge on any atom is -0.459 e. The van der Waals surface area contributed by atoms with Crippen molar-refractivity contribution in [1.82, 2.24) is 30.0 Å². The first kappa shape index (κ1) is 18.1. The summed E-state index contributed by atoms with van der Waals surface area (Å²) in [5.41, 5.74) is 0. The van der Waals surface area contributed by atoms with Crippen molar-refractivity contribution in [1.29, 1.82) is 0 Å². The number of carbonyl (C=O) groups excluding carboxylic acids is 1. The number of furan rings is 1. The third kappa shape index (κ3) is 3.89. The second-order valence-electron chi connectivity index (χ2n) is 7.08. The van der Waals surface area contributed by atoms with Crippen LogP contribution in [-0.2, 0) is 11.3 Å². The number of aromatic nitrogens is 4. The Kier molecular flexibility index (Phi) is 5.49. The van der Waals surface area contributed by atoms with Crippen LogP contribution in [0, 0.1) is 0 Å². The SMILES string of the molecule is CC[C@@H](c1nnnn1C[C@@H]1CCCO1)N1CCN(C(=O)c2ccco2)CC1. The molecule has 0 N–H and O–H groups in total. The van der Waals surface area contributed by atoms with Gasteiger partial charge in [-0.25, -0.2) is 4.68 Å². The van der Waals surface area contributed by atoms with Gasteiger partial charge in [0.05, 0.1) is 25.0 Å². The molecule has 9 heteroatoms. The van der Waals surface area contributed by atoms with Crippen LogP contribution in [-0.4, -0.2) is 74.8 Å². The second-order valence-corrected chi connectivity index (χ2v) is 7.08. The first-order valence-corrected chi connectivity index (χ1v) is 9.70. The van der Waals surface area contributed by atoms with Crippen molar-refractivity contribution in [3.05, 3.63) is 30.0 Å². The van der Waals surface area contributed by atoms with Crippen LogP contribution in [0.2, 0.25) is 0 Å². The zero-order valence-electron chi connectivity index (χ0n) is 15.7. The molecule has 0 aromatic carbocycles. The van der Waals surface area contributed by atoms with E-state index in [2.05, 4.69) is 27.3 Å². The summed E-state index contributed by atoms with van der Waals surface area (Å²) in [6, 6.07) is 3.59. The molecule has 27 heavy (non-hydrogen) atoms. The highest BCUT2D eigenvalue weighted by Gasteiger charge is 2.31. The highest BCUT2D eigenvalue weighted by atomic mass is 16.5. The van der Waals surface area contributed by atoms with Crippen LogP contribution in [0.5, 0.6) is 0 Å². The number of hydrogen-bond donors (Lipinski definition) is 0. The van der Waals surface area contributed by atoms with E-state index in [1.54, 1.807) is 12.1 Å². The van der Waals surface area contributed by atoms with E-state index in [0.717, 1.165) is 44.8 Å². The summed E-state index contributed by atoms with van der Waals surface area (Å²) in [5, 5.41) is 12.4. The summed E-state index contributed by atoms with van der Waals surface area (Å²) in [7, 11) is 0. The van der Waals surface area contributed by atoms with Crippen molar-refractivity contribution in [2.24, 2.45) is 0 Å². The van der Waals surface area contributed by atoms with Gasteiger partial charge in [-0.3, -0.25) is 9.69 Å². The van der Waals surface area contributed by atoms with E-state index in [0.29, 0.717) is 25.4 Å². The molecule has 0 radical (unpaired) electrons. The fraction of sp³-hybridized carbons (Fsp3) is 0.667. The molecule has 2 aromatic heterocycles. The molecule has 2 aliphatic rings. The number of nitrogens with zero attached hydrogens (tertiary/aromatic N) is 6. The Bertz CT molecular complexity index is 732. The maximum Gasteiger partial charge on any atom is 0.289 e. The lowest BCUT2D eigenvalue weighted by Gasteiger charge is -2.38. The van der Waals surface area contributed by atoms with Crippen LogP contribution in [0.15, 0.2) is 22.8 Å². The predicted octanol–water partition coefficient (Wildman–Crippen LogP) is 1.35. The summed E-state index contributed by atoms with van der Waals surface area (Å²) in [4.78, 5) is 16.7. The van der Waals surface area contributed by atoms with Gasteiger partial charge < -0.3 is 14.1 Å². The van der Waals surface area contributed by atoms with Crippen molar-refractivity contribution < 1.29 is 13.9 Å². The lowest BCUT2D eigenvalue weighted by atomic mass is 10.1. The number of tetrazole rings is 1. The standard InChI is InChI=1S/C18H26N6O3/c1-2-15(17-19-20-21-24(17)13-14-5-3-11-26-14)22-7-9-23(10-8-22)18(25)16-6-4-12-27-16/h4,6,12,14-15H,2-3,5,7-11,13H2,1H3/t14-,15-/m0/s1. The summed E-state index contributed by atoms with van der Waals surface area (Å²) < 4.78 is 12.9. The Morgan fingerprint density at radius 2 is 2.19 bits per heavy atom. The van der Waals surface area contributed by atoms with E-state index in [1.165, 1.54) is 6.26 Å². The molecule has 9 nitrogen and oxygen atoms in total. The molecular formula is C18H26N6O3. The smallest absolute Gasteiger partial charge is 0.289 e. The molecule has 2 aromatic rings. The second kappa shape index (κ2) is 8.18. The molecule has 0 bridgehead atoms. The van der Waals surface area contributed by atoms with Crippen LogP contribution in [0.1, 0.15) is 48.6 Å². The molecule has 2 saturated heterocycles. The van der Waals surface area contributed by atoms with Crippen molar-refractivity contribution >= 4 is 5.91 Å². The fourth-order valence-electron chi connectivity index (χ4n) is 3.96. The Morgan fingerprint density at radius 1 is 1.33 bits per heavy atom. The number of ether oxygens (including phenoxy) is 1. The maximum absolute atomic E-state index is 12.4. The van der Waals surface area contributed by atoms with Crippen LogP contribution in [0.25, 0.3) is 0 Å². The topological polar surface area (TPSA) is 89.5 Å². The molecule has 2 aliphatic heterocycles. The van der Waals surface area contributed by atoms with Crippen LogP contribution < -0.4 is 0 Å². The number of piperazine rings is 1. The molecule has 4 rings (SSSR count). The summed E-state index contributed by atoms with van der Waals surface area (Å²) in [5.74, 6) is 1.24. The van der Waals surface area contributed by atoms with E-state index < -0.39 is 0 Å². The third-order valence-electron chi connectivity index (χ3n) is 5.42. The minimum atomic E-state index is -0.0454. The monoisotopic (exact) mass is 374 g/mol. The molecule has 1 amide bonds. The van der Waals surface area contributed by atoms with Gasteiger partial charge in [0.25, 0.3) is 5.91 Å². The average molecular weight is 374 g/mol. The Hall–Kier alpha value is -2.26. The molecular weight excluding hydrogens is 348 g/mol. The number of carbonyl (C=O) groups is 1. The number of rotatable bonds is 6. The minimum absolute atomic E-state index is 0.0454. The zero-order chi connectivity index (χ0) is 18.6. The van der Waals surface area contributed by atoms with Gasteiger partial charge >= 0.3 is 0 Å².